The predicted octanol–water partition coefficient (Wildman–Crippen LogP) is 6.05. The van der Waals surface area contributed by atoms with Gasteiger partial charge in [0.25, 0.3) is 0 Å². The molecule has 32 heavy (non-hydrogen) atoms. The van der Waals surface area contributed by atoms with Gasteiger partial charge in [-0.1, -0.05) is 84.9 Å². The number of fused-ring (bicyclic) bond motifs is 3. The molecule has 1 aliphatic carbocycles. The van der Waals surface area contributed by atoms with Crippen LogP contribution in [0, 0.1) is 0 Å². The highest BCUT2D eigenvalue weighted by molar-refractivity contribution is 6.30. The minimum atomic E-state index is -0.413. The fraction of sp³-hybridized carbons (Fsp3) is 0.185. The SMILES string of the molecule is O=C(NCCC=Cc1ccc(C(=O)CCl)cc1)OCC1c2ccccc2-c2ccccc21. The van der Waals surface area contributed by atoms with Crippen molar-refractivity contribution >= 4 is 29.6 Å². The largest absolute Gasteiger partial charge is 0.449 e. The number of ether oxygens (including phenoxy) is 1. The topological polar surface area (TPSA) is 55.4 Å². The number of Topliss-reactive ketones (excluding diaryl/α,β-unsaturated/α-hetero) is 1. The summed E-state index contributed by atoms with van der Waals surface area (Å²) >= 11 is 5.57. The summed E-state index contributed by atoms with van der Waals surface area (Å²) in [7, 11) is 0. The fourth-order valence-electron chi connectivity index (χ4n) is 3.98. The molecule has 1 N–H and O–H groups in total. The van der Waals surface area contributed by atoms with Crippen LogP contribution in [-0.4, -0.2) is 30.9 Å². The van der Waals surface area contributed by atoms with Gasteiger partial charge in [0, 0.05) is 18.0 Å². The monoisotopic (exact) mass is 445 g/mol. The molecular formula is C27H24ClNO3. The van der Waals surface area contributed by atoms with Gasteiger partial charge in [-0.2, -0.15) is 0 Å². The second-order valence-electron chi connectivity index (χ2n) is 7.62. The van der Waals surface area contributed by atoms with Gasteiger partial charge in [0.05, 0.1) is 5.88 Å². The molecule has 0 fully saturated rings. The molecule has 1 amide bonds. The van der Waals surface area contributed by atoms with Crippen molar-refractivity contribution in [3.8, 4) is 11.1 Å². The first kappa shape index (κ1) is 21.8. The zero-order chi connectivity index (χ0) is 22.3. The zero-order valence-electron chi connectivity index (χ0n) is 17.6. The minimum absolute atomic E-state index is 0.0171. The lowest BCUT2D eigenvalue weighted by Crippen LogP contribution is -2.26. The first-order chi connectivity index (χ1) is 15.7. The fourth-order valence-corrected chi connectivity index (χ4v) is 4.14. The van der Waals surface area contributed by atoms with Crippen LogP contribution in [0.2, 0.25) is 0 Å². The third-order valence-electron chi connectivity index (χ3n) is 5.59. The third kappa shape index (κ3) is 4.92. The number of hydrogen-bond acceptors (Lipinski definition) is 3. The molecule has 0 aliphatic heterocycles. The second kappa shape index (κ2) is 10.3. The lowest BCUT2D eigenvalue weighted by molar-refractivity contribution is 0.102. The van der Waals surface area contributed by atoms with Gasteiger partial charge < -0.3 is 10.1 Å². The highest BCUT2D eigenvalue weighted by atomic mass is 35.5. The van der Waals surface area contributed by atoms with Crippen LogP contribution < -0.4 is 5.32 Å². The Morgan fingerprint density at radius 2 is 1.53 bits per heavy atom. The van der Waals surface area contributed by atoms with Crippen LogP contribution in [0.1, 0.15) is 39.4 Å². The smallest absolute Gasteiger partial charge is 0.407 e. The van der Waals surface area contributed by atoms with E-state index < -0.39 is 6.09 Å². The van der Waals surface area contributed by atoms with E-state index in [1.165, 1.54) is 22.3 Å². The molecule has 162 valence electrons. The maximum Gasteiger partial charge on any atom is 0.407 e. The first-order valence-corrected chi connectivity index (χ1v) is 11.2. The van der Waals surface area contributed by atoms with Crippen LogP contribution in [0.4, 0.5) is 4.79 Å². The maximum atomic E-state index is 12.2. The molecular weight excluding hydrogens is 422 g/mol. The third-order valence-corrected chi connectivity index (χ3v) is 5.83. The van der Waals surface area contributed by atoms with Crippen LogP contribution in [0.15, 0.2) is 78.9 Å². The van der Waals surface area contributed by atoms with Gasteiger partial charge in [-0.25, -0.2) is 4.79 Å². The van der Waals surface area contributed by atoms with Gasteiger partial charge in [0.1, 0.15) is 6.61 Å². The van der Waals surface area contributed by atoms with Crippen LogP contribution in [0.5, 0.6) is 0 Å². The summed E-state index contributed by atoms with van der Waals surface area (Å²) in [6.07, 6.45) is 4.19. The Bertz CT molecular complexity index is 1090. The Kier molecular flexibility index (Phi) is 7.03. The van der Waals surface area contributed by atoms with E-state index in [1.807, 2.05) is 48.6 Å². The normalized spacial score (nSPS) is 12.4. The lowest BCUT2D eigenvalue weighted by atomic mass is 9.98. The Hall–Kier alpha value is -3.37. The van der Waals surface area contributed by atoms with Crippen molar-refractivity contribution in [3.05, 3.63) is 101 Å². The Morgan fingerprint density at radius 3 is 2.16 bits per heavy atom. The number of benzene rings is 3. The standard InChI is InChI=1S/C27H24ClNO3/c28-17-26(30)20-14-12-19(13-15-20)7-5-6-16-29-27(31)32-18-25-23-10-3-1-8-21(23)22-9-2-4-11-24(22)25/h1-5,7-15,25H,6,16-18H2,(H,29,31). The van der Waals surface area contributed by atoms with Crippen LogP contribution >= 0.6 is 11.6 Å². The molecule has 0 bridgehead atoms. The van der Waals surface area contributed by atoms with Crippen molar-refractivity contribution < 1.29 is 14.3 Å². The van der Waals surface area contributed by atoms with Crippen molar-refractivity contribution in [1.29, 1.82) is 0 Å². The lowest BCUT2D eigenvalue weighted by Gasteiger charge is -2.14. The number of rotatable bonds is 8. The van der Waals surface area contributed by atoms with Gasteiger partial charge in [0.2, 0.25) is 0 Å². The van der Waals surface area contributed by atoms with Gasteiger partial charge in [-0.15, -0.1) is 11.6 Å². The Labute approximate surface area is 192 Å². The van der Waals surface area contributed by atoms with Crippen LogP contribution in [-0.2, 0) is 4.74 Å². The Morgan fingerprint density at radius 1 is 0.906 bits per heavy atom. The van der Waals surface area contributed by atoms with E-state index in [0.717, 1.165) is 5.56 Å². The van der Waals surface area contributed by atoms with Crippen molar-refractivity contribution in [2.24, 2.45) is 0 Å². The molecule has 0 saturated heterocycles. The summed E-state index contributed by atoms with van der Waals surface area (Å²) in [4.78, 5) is 23.7. The highest BCUT2D eigenvalue weighted by Gasteiger charge is 2.28. The highest BCUT2D eigenvalue weighted by Crippen LogP contribution is 2.44. The number of hydrogen-bond donors (Lipinski definition) is 1. The summed E-state index contributed by atoms with van der Waals surface area (Å²) < 4.78 is 5.53. The number of amides is 1. The zero-order valence-corrected chi connectivity index (χ0v) is 18.3. The molecule has 0 heterocycles. The van der Waals surface area contributed by atoms with Gasteiger partial charge in [-0.05, 0) is 34.2 Å². The maximum absolute atomic E-state index is 12.2. The van der Waals surface area contributed by atoms with Crippen molar-refractivity contribution in [2.75, 3.05) is 19.0 Å². The van der Waals surface area contributed by atoms with Gasteiger partial charge >= 0.3 is 6.09 Å². The summed E-state index contributed by atoms with van der Waals surface area (Å²) in [5.74, 6) is -0.0484. The molecule has 0 radical (unpaired) electrons. The molecule has 0 aromatic heterocycles. The molecule has 0 spiro atoms. The number of alkyl halides is 1. The van der Waals surface area contributed by atoms with E-state index in [9.17, 15) is 9.59 Å². The van der Waals surface area contributed by atoms with Crippen LogP contribution in [0.25, 0.3) is 17.2 Å². The molecule has 1 aliphatic rings. The number of carbonyl (C=O) groups is 2. The molecule has 0 saturated carbocycles. The summed E-state index contributed by atoms with van der Waals surface area (Å²) in [5.41, 5.74) is 6.40. The molecule has 3 aromatic carbocycles. The van der Waals surface area contributed by atoms with E-state index in [1.54, 1.807) is 12.1 Å². The van der Waals surface area contributed by atoms with E-state index >= 15 is 0 Å². The van der Waals surface area contributed by atoms with E-state index in [4.69, 9.17) is 16.3 Å². The van der Waals surface area contributed by atoms with Gasteiger partial charge in [-0.3, -0.25) is 4.79 Å². The van der Waals surface area contributed by atoms with Crippen LogP contribution in [0.3, 0.4) is 0 Å². The molecule has 5 heteroatoms. The number of ketones is 1. The number of carbonyl (C=O) groups excluding carboxylic acids is 2. The minimum Gasteiger partial charge on any atom is -0.449 e. The number of alkyl carbamates (subject to hydrolysis) is 1. The summed E-state index contributed by atoms with van der Waals surface area (Å²) in [5, 5.41) is 2.80. The average Bonchev–Trinajstić information content (AvgIpc) is 3.16. The first-order valence-electron chi connectivity index (χ1n) is 10.6. The molecule has 0 atom stereocenters. The van der Waals surface area contributed by atoms with E-state index in [0.29, 0.717) is 25.1 Å². The quantitative estimate of drug-likeness (QED) is 0.261. The van der Waals surface area contributed by atoms with E-state index in [-0.39, 0.29) is 17.6 Å². The van der Waals surface area contributed by atoms with Crippen molar-refractivity contribution in [1.82, 2.24) is 5.32 Å². The number of halogens is 1. The predicted molar refractivity (Wildman–Crippen MR) is 128 cm³/mol. The number of nitrogens with one attached hydrogen (secondary N) is 1. The average molecular weight is 446 g/mol. The van der Waals surface area contributed by atoms with Crippen molar-refractivity contribution in [2.45, 2.75) is 12.3 Å². The summed E-state index contributed by atoms with van der Waals surface area (Å²) in [6, 6.07) is 23.8. The second-order valence-corrected chi connectivity index (χ2v) is 7.89. The molecule has 4 rings (SSSR count). The van der Waals surface area contributed by atoms with Gasteiger partial charge in [0.15, 0.2) is 5.78 Å². The molecule has 0 unspecified atom stereocenters. The van der Waals surface area contributed by atoms with E-state index in [2.05, 4.69) is 29.6 Å². The summed E-state index contributed by atoms with van der Waals surface area (Å²) in [6.45, 7) is 0.791. The van der Waals surface area contributed by atoms with Crippen molar-refractivity contribution in [3.63, 3.8) is 0 Å². The molecule has 3 aromatic rings. The molecule has 4 nitrogen and oxygen atoms in total. The Balaban J connectivity index is 1.24.